The van der Waals surface area contributed by atoms with Crippen LogP contribution in [0.15, 0.2) is 38.3 Å². The van der Waals surface area contributed by atoms with Crippen molar-refractivity contribution in [1.82, 2.24) is 9.55 Å². The van der Waals surface area contributed by atoms with E-state index in [0.717, 1.165) is 10.0 Å². The van der Waals surface area contributed by atoms with Crippen LogP contribution in [0, 0.1) is 0 Å². The topological polar surface area (TPSA) is 110 Å². The van der Waals surface area contributed by atoms with Crippen LogP contribution in [0.2, 0.25) is 0 Å². The van der Waals surface area contributed by atoms with Gasteiger partial charge in [0.2, 0.25) is 5.91 Å². The molecule has 0 bridgehead atoms. The van der Waals surface area contributed by atoms with E-state index in [1.165, 1.54) is 16.6 Å². The summed E-state index contributed by atoms with van der Waals surface area (Å²) in [6.07, 6.45) is 0.731. The number of halogens is 1. The first-order chi connectivity index (χ1) is 12.9. The fourth-order valence-electron chi connectivity index (χ4n) is 2.74. The van der Waals surface area contributed by atoms with Crippen molar-refractivity contribution in [2.75, 3.05) is 30.9 Å². The van der Waals surface area contributed by atoms with E-state index in [1.807, 2.05) is 31.2 Å². The van der Waals surface area contributed by atoms with Crippen molar-refractivity contribution in [2.24, 2.45) is 0 Å². The van der Waals surface area contributed by atoms with Gasteiger partial charge in [-0.3, -0.25) is 19.1 Å². The number of aromatic nitrogens is 2. The minimum absolute atomic E-state index is 0.0238. The number of benzene rings is 1. The second-order valence-corrected chi connectivity index (χ2v) is 6.91. The van der Waals surface area contributed by atoms with Crippen molar-refractivity contribution < 1.29 is 9.53 Å². The van der Waals surface area contributed by atoms with Gasteiger partial charge in [-0.1, -0.05) is 35.0 Å². The highest BCUT2D eigenvalue weighted by Crippen LogP contribution is 2.19. The molecule has 2 rings (SSSR count). The summed E-state index contributed by atoms with van der Waals surface area (Å²) >= 11 is 3.38. The second-order valence-electron chi connectivity index (χ2n) is 5.99. The largest absolute Gasteiger partial charge is 0.383 e. The van der Waals surface area contributed by atoms with Crippen LogP contribution in [0.4, 0.5) is 11.5 Å². The third-order valence-electron chi connectivity index (χ3n) is 4.00. The Bertz CT molecular complexity index is 922. The SMILES string of the molecule is CCCn1c(N)c(N(CCOC)C(=O)Cc2cccc(Br)c2)c(=O)[nH]c1=O. The molecular weight excluding hydrogens is 416 g/mol. The average Bonchev–Trinajstić information content (AvgIpc) is 2.61. The molecule has 0 spiro atoms. The van der Waals surface area contributed by atoms with E-state index in [2.05, 4.69) is 20.9 Å². The van der Waals surface area contributed by atoms with Crippen molar-refractivity contribution >= 4 is 33.3 Å². The molecular formula is C18H23BrN4O4. The smallest absolute Gasteiger partial charge is 0.330 e. The Morgan fingerprint density at radius 2 is 2.11 bits per heavy atom. The van der Waals surface area contributed by atoms with E-state index in [-0.39, 0.29) is 37.0 Å². The molecule has 0 saturated heterocycles. The van der Waals surface area contributed by atoms with Crippen molar-refractivity contribution in [3.8, 4) is 0 Å². The molecule has 1 aromatic heterocycles. The number of nitrogens with one attached hydrogen (secondary N) is 1. The minimum atomic E-state index is -0.691. The maximum Gasteiger partial charge on any atom is 0.330 e. The molecule has 146 valence electrons. The van der Waals surface area contributed by atoms with Gasteiger partial charge in [-0.25, -0.2) is 4.79 Å². The maximum atomic E-state index is 12.9. The lowest BCUT2D eigenvalue weighted by molar-refractivity contribution is -0.118. The Kier molecular flexibility index (Phi) is 7.37. The molecule has 8 nitrogen and oxygen atoms in total. The minimum Gasteiger partial charge on any atom is -0.383 e. The van der Waals surface area contributed by atoms with Crippen LogP contribution in [0.1, 0.15) is 18.9 Å². The number of carbonyl (C=O) groups is 1. The number of hydrogen-bond acceptors (Lipinski definition) is 5. The Labute approximate surface area is 165 Å². The summed E-state index contributed by atoms with van der Waals surface area (Å²) in [6.45, 7) is 2.58. The number of nitrogens with zero attached hydrogens (tertiary/aromatic N) is 2. The number of nitrogen functional groups attached to an aromatic ring is 1. The molecule has 1 amide bonds. The standard InChI is InChI=1S/C18H23BrN4O4/c1-3-7-23-16(20)15(17(25)21-18(23)26)22(8-9-27-2)14(24)11-12-5-4-6-13(19)10-12/h4-6,10H,3,7-9,11,20H2,1-2H3,(H,21,25,26). The molecule has 27 heavy (non-hydrogen) atoms. The quantitative estimate of drug-likeness (QED) is 0.648. The molecule has 0 fully saturated rings. The van der Waals surface area contributed by atoms with Gasteiger partial charge in [0.25, 0.3) is 5.56 Å². The number of ether oxygens (including phenoxy) is 1. The van der Waals surface area contributed by atoms with Crippen LogP contribution in [0.5, 0.6) is 0 Å². The highest BCUT2D eigenvalue weighted by molar-refractivity contribution is 9.10. The fraction of sp³-hybridized carbons (Fsp3) is 0.389. The van der Waals surface area contributed by atoms with E-state index >= 15 is 0 Å². The molecule has 0 aliphatic carbocycles. The summed E-state index contributed by atoms with van der Waals surface area (Å²) in [6, 6.07) is 7.34. The Morgan fingerprint density at radius 1 is 1.37 bits per heavy atom. The predicted molar refractivity (Wildman–Crippen MR) is 108 cm³/mol. The first kappa shape index (κ1) is 20.9. The molecule has 0 aliphatic rings. The Balaban J connectivity index is 2.47. The maximum absolute atomic E-state index is 12.9. The van der Waals surface area contributed by atoms with Crippen LogP contribution in [0.25, 0.3) is 0 Å². The lowest BCUT2D eigenvalue weighted by Crippen LogP contribution is -2.43. The first-order valence-electron chi connectivity index (χ1n) is 8.55. The van der Waals surface area contributed by atoms with E-state index in [0.29, 0.717) is 13.0 Å². The fourth-order valence-corrected chi connectivity index (χ4v) is 3.19. The molecule has 0 saturated carbocycles. The number of nitrogens with two attached hydrogens (primary N) is 1. The first-order valence-corrected chi connectivity index (χ1v) is 9.34. The van der Waals surface area contributed by atoms with Crippen molar-refractivity contribution in [2.45, 2.75) is 26.3 Å². The van der Waals surface area contributed by atoms with Gasteiger partial charge in [0.05, 0.1) is 13.0 Å². The zero-order valence-electron chi connectivity index (χ0n) is 15.3. The zero-order chi connectivity index (χ0) is 20.0. The van der Waals surface area contributed by atoms with E-state index in [4.69, 9.17) is 10.5 Å². The van der Waals surface area contributed by atoms with E-state index < -0.39 is 11.2 Å². The number of methoxy groups -OCH3 is 1. The van der Waals surface area contributed by atoms with Gasteiger partial charge in [0, 0.05) is 24.7 Å². The summed E-state index contributed by atoms with van der Waals surface area (Å²) in [5.41, 5.74) is 5.58. The van der Waals surface area contributed by atoms with Gasteiger partial charge in [-0.15, -0.1) is 0 Å². The molecule has 9 heteroatoms. The highest BCUT2D eigenvalue weighted by atomic mass is 79.9. The van der Waals surface area contributed by atoms with Gasteiger partial charge in [-0.05, 0) is 24.1 Å². The van der Waals surface area contributed by atoms with Gasteiger partial charge in [0.15, 0.2) is 5.69 Å². The van der Waals surface area contributed by atoms with Gasteiger partial charge in [-0.2, -0.15) is 0 Å². The Morgan fingerprint density at radius 3 is 2.74 bits per heavy atom. The summed E-state index contributed by atoms with van der Waals surface area (Å²) in [5, 5.41) is 0. The van der Waals surface area contributed by atoms with Crippen molar-refractivity contribution in [3.63, 3.8) is 0 Å². The third kappa shape index (κ3) is 5.08. The van der Waals surface area contributed by atoms with Crippen molar-refractivity contribution in [1.29, 1.82) is 0 Å². The number of rotatable bonds is 8. The van der Waals surface area contributed by atoms with Crippen LogP contribution >= 0.6 is 15.9 Å². The lowest BCUT2D eigenvalue weighted by atomic mass is 10.1. The van der Waals surface area contributed by atoms with Crippen LogP contribution in [0.3, 0.4) is 0 Å². The molecule has 0 radical (unpaired) electrons. The Hall–Kier alpha value is -2.39. The van der Waals surface area contributed by atoms with Crippen LogP contribution < -0.4 is 21.9 Å². The number of aromatic amines is 1. The second kappa shape index (κ2) is 9.52. The number of anilines is 2. The van der Waals surface area contributed by atoms with Gasteiger partial charge < -0.3 is 15.4 Å². The molecule has 0 atom stereocenters. The number of H-pyrrole nitrogens is 1. The van der Waals surface area contributed by atoms with E-state index in [1.54, 1.807) is 0 Å². The van der Waals surface area contributed by atoms with Crippen molar-refractivity contribution in [3.05, 3.63) is 55.1 Å². The lowest BCUT2D eigenvalue weighted by Gasteiger charge is -2.24. The van der Waals surface area contributed by atoms with Gasteiger partial charge >= 0.3 is 5.69 Å². The highest BCUT2D eigenvalue weighted by Gasteiger charge is 2.24. The van der Waals surface area contributed by atoms with E-state index in [9.17, 15) is 14.4 Å². The predicted octanol–water partition coefficient (Wildman–Crippen LogP) is 1.51. The third-order valence-corrected chi connectivity index (χ3v) is 4.49. The summed E-state index contributed by atoms with van der Waals surface area (Å²) in [5.74, 6) is -0.339. The monoisotopic (exact) mass is 438 g/mol. The van der Waals surface area contributed by atoms with Crippen LogP contribution in [-0.4, -0.2) is 35.7 Å². The molecule has 1 aromatic carbocycles. The van der Waals surface area contributed by atoms with Gasteiger partial charge in [0.1, 0.15) is 5.82 Å². The molecule has 1 heterocycles. The summed E-state index contributed by atoms with van der Waals surface area (Å²) in [4.78, 5) is 41.0. The molecule has 0 aliphatic heterocycles. The summed E-state index contributed by atoms with van der Waals surface area (Å²) in [7, 11) is 1.50. The normalized spacial score (nSPS) is 10.8. The molecule has 0 unspecified atom stereocenters. The number of amides is 1. The van der Waals surface area contributed by atoms with Crippen LogP contribution in [-0.2, 0) is 22.5 Å². The molecule has 2 aromatic rings. The molecule has 3 N–H and O–H groups in total. The number of hydrogen-bond donors (Lipinski definition) is 2. The zero-order valence-corrected chi connectivity index (χ0v) is 16.9. The summed E-state index contributed by atoms with van der Waals surface area (Å²) < 4.78 is 7.19. The average molecular weight is 439 g/mol. The number of carbonyl (C=O) groups excluding carboxylic acids is 1.